The molecule has 0 saturated heterocycles. The van der Waals surface area contributed by atoms with Gasteiger partial charge in [0.1, 0.15) is 0 Å². The van der Waals surface area contributed by atoms with Gasteiger partial charge in [0.05, 0.1) is 18.1 Å². The topological polar surface area (TPSA) is 73.6 Å². The Balaban J connectivity index is 2.02. The predicted octanol–water partition coefficient (Wildman–Crippen LogP) is 2.51. The van der Waals surface area contributed by atoms with Crippen LogP contribution in [0.15, 0.2) is 18.2 Å². The van der Waals surface area contributed by atoms with E-state index in [9.17, 15) is 10.1 Å². The Morgan fingerprint density at radius 3 is 2.67 bits per heavy atom. The van der Waals surface area contributed by atoms with Gasteiger partial charge in [-0.25, -0.2) is 0 Å². The lowest BCUT2D eigenvalue weighted by atomic mass is 9.64. The average molecular weight is 294 g/mol. The summed E-state index contributed by atoms with van der Waals surface area (Å²) in [6, 6.07) is 5.39. The Labute approximate surface area is 124 Å². The van der Waals surface area contributed by atoms with Gasteiger partial charge in [0.25, 0.3) is 0 Å². The summed E-state index contributed by atoms with van der Waals surface area (Å²) in [6.45, 7) is 4.92. The molecule has 2 rings (SSSR count). The van der Waals surface area contributed by atoms with Gasteiger partial charge in [-0.15, -0.1) is 0 Å². The highest BCUT2D eigenvalue weighted by atomic mass is 16.6. The molecule has 21 heavy (non-hydrogen) atoms. The van der Waals surface area contributed by atoms with Crippen LogP contribution in [-0.4, -0.2) is 31.3 Å². The quantitative estimate of drug-likeness (QED) is 0.644. The number of rotatable bonds is 6. The van der Waals surface area contributed by atoms with E-state index in [1.54, 1.807) is 19.2 Å². The van der Waals surface area contributed by atoms with Crippen LogP contribution in [0, 0.1) is 15.5 Å². The zero-order valence-electron chi connectivity index (χ0n) is 12.9. The van der Waals surface area contributed by atoms with Crippen LogP contribution in [0.2, 0.25) is 0 Å². The molecule has 0 aliphatic heterocycles. The number of hydrogen-bond donors (Lipinski definition) is 1. The van der Waals surface area contributed by atoms with E-state index < -0.39 is 4.92 Å². The summed E-state index contributed by atoms with van der Waals surface area (Å²) in [4.78, 5) is 10.6. The molecule has 0 spiro atoms. The van der Waals surface area contributed by atoms with Crippen molar-refractivity contribution in [2.24, 2.45) is 5.41 Å². The number of nitrogens with one attached hydrogen (secondary N) is 1. The summed E-state index contributed by atoms with van der Waals surface area (Å²) in [5.74, 6) is 0.284. The molecule has 0 radical (unpaired) electrons. The van der Waals surface area contributed by atoms with Crippen molar-refractivity contribution in [2.75, 3.05) is 14.2 Å². The van der Waals surface area contributed by atoms with Gasteiger partial charge in [-0.2, -0.15) is 0 Å². The number of methoxy groups -OCH3 is 2. The van der Waals surface area contributed by atoms with Gasteiger partial charge in [-0.05, 0) is 18.1 Å². The molecule has 0 amide bonds. The summed E-state index contributed by atoms with van der Waals surface area (Å²) in [6.07, 6.45) is 1.22. The van der Waals surface area contributed by atoms with E-state index in [0.29, 0.717) is 12.6 Å². The lowest BCUT2D eigenvalue weighted by Crippen LogP contribution is -2.60. The molecule has 1 aliphatic carbocycles. The molecule has 1 aromatic carbocycles. The SMILES string of the molecule is COc1ccc(CNC2CC(OC)C2(C)C)cc1[N+](=O)[O-]. The van der Waals surface area contributed by atoms with E-state index >= 15 is 0 Å². The van der Waals surface area contributed by atoms with E-state index in [2.05, 4.69) is 19.2 Å². The van der Waals surface area contributed by atoms with Crippen molar-refractivity contribution in [2.45, 2.75) is 39.0 Å². The van der Waals surface area contributed by atoms with Crippen LogP contribution in [0.1, 0.15) is 25.8 Å². The molecule has 6 nitrogen and oxygen atoms in total. The van der Waals surface area contributed by atoms with Crippen molar-refractivity contribution in [3.63, 3.8) is 0 Å². The standard InChI is InChI=1S/C15H22N2O4/c1-15(2)13(8-14(15)21-4)16-9-10-5-6-12(20-3)11(7-10)17(18)19/h5-7,13-14,16H,8-9H2,1-4H3. The molecular formula is C15H22N2O4. The molecule has 6 heteroatoms. The van der Waals surface area contributed by atoms with Crippen LogP contribution in [0.25, 0.3) is 0 Å². The molecule has 1 fully saturated rings. The van der Waals surface area contributed by atoms with E-state index in [0.717, 1.165) is 12.0 Å². The molecule has 1 N–H and O–H groups in total. The van der Waals surface area contributed by atoms with Crippen LogP contribution < -0.4 is 10.1 Å². The van der Waals surface area contributed by atoms with Crippen molar-refractivity contribution >= 4 is 5.69 Å². The Morgan fingerprint density at radius 1 is 1.43 bits per heavy atom. The summed E-state index contributed by atoms with van der Waals surface area (Å²) < 4.78 is 10.4. The fourth-order valence-corrected chi connectivity index (χ4v) is 2.86. The number of hydrogen-bond acceptors (Lipinski definition) is 5. The van der Waals surface area contributed by atoms with E-state index in [4.69, 9.17) is 9.47 Å². The number of nitro benzene ring substituents is 1. The van der Waals surface area contributed by atoms with E-state index in [1.165, 1.54) is 7.11 Å². The number of ether oxygens (including phenoxy) is 2. The first-order valence-electron chi connectivity index (χ1n) is 6.97. The van der Waals surface area contributed by atoms with Gasteiger partial charge in [0.15, 0.2) is 5.75 Å². The predicted molar refractivity (Wildman–Crippen MR) is 79.5 cm³/mol. The number of benzene rings is 1. The first-order chi connectivity index (χ1) is 9.90. The highest BCUT2D eigenvalue weighted by Gasteiger charge is 2.48. The molecule has 2 atom stereocenters. The van der Waals surface area contributed by atoms with Crippen LogP contribution in [0.4, 0.5) is 5.69 Å². The maximum absolute atomic E-state index is 11.0. The third kappa shape index (κ3) is 3.01. The molecule has 0 bridgehead atoms. The molecular weight excluding hydrogens is 272 g/mol. The molecule has 0 aromatic heterocycles. The molecule has 0 heterocycles. The number of nitrogens with zero attached hydrogens (tertiary/aromatic N) is 1. The summed E-state index contributed by atoms with van der Waals surface area (Å²) in [5.41, 5.74) is 0.950. The summed E-state index contributed by atoms with van der Waals surface area (Å²) in [7, 11) is 3.16. The second-order valence-corrected chi connectivity index (χ2v) is 5.98. The van der Waals surface area contributed by atoms with Gasteiger partial charge in [-0.3, -0.25) is 10.1 Å². The zero-order valence-corrected chi connectivity index (χ0v) is 12.9. The molecule has 116 valence electrons. The molecule has 2 unspecified atom stereocenters. The Kier molecular flexibility index (Phi) is 4.49. The second-order valence-electron chi connectivity index (χ2n) is 5.98. The smallest absolute Gasteiger partial charge is 0.311 e. The van der Waals surface area contributed by atoms with Gasteiger partial charge in [-0.1, -0.05) is 19.9 Å². The monoisotopic (exact) mass is 294 g/mol. The summed E-state index contributed by atoms with van der Waals surface area (Å²) in [5, 5.41) is 14.5. The van der Waals surface area contributed by atoms with Crippen molar-refractivity contribution in [1.29, 1.82) is 0 Å². The minimum absolute atomic E-state index is 0.000521. The minimum Gasteiger partial charge on any atom is -0.490 e. The fraction of sp³-hybridized carbons (Fsp3) is 0.600. The van der Waals surface area contributed by atoms with Crippen LogP contribution in [0.5, 0.6) is 5.75 Å². The van der Waals surface area contributed by atoms with Gasteiger partial charge in [0, 0.05) is 31.2 Å². The van der Waals surface area contributed by atoms with Crippen LogP contribution in [0.3, 0.4) is 0 Å². The van der Waals surface area contributed by atoms with Crippen molar-refractivity contribution < 1.29 is 14.4 Å². The van der Waals surface area contributed by atoms with Crippen molar-refractivity contribution in [1.82, 2.24) is 5.32 Å². The highest BCUT2D eigenvalue weighted by molar-refractivity contribution is 5.48. The average Bonchev–Trinajstić information content (AvgIpc) is 2.46. The van der Waals surface area contributed by atoms with Gasteiger partial charge < -0.3 is 14.8 Å². The van der Waals surface area contributed by atoms with Crippen LogP contribution in [-0.2, 0) is 11.3 Å². The lowest BCUT2D eigenvalue weighted by molar-refractivity contribution is -0.385. The second kappa shape index (κ2) is 5.99. The Morgan fingerprint density at radius 2 is 2.14 bits per heavy atom. The van der Waals surface area contributed by atoms with Crippen LogP contribution >= 0.6 is 0 Å². The zero-order chi connectivity index (χ0) is 15.6. The van der Waals surface area contributed by atoms with Gasteiger partial charge >= 0.3 is 5.69 Å². The fourth-order valence-electron chi connectivity index (χ4n) is 2.86. The van der Waals surface area contributed by atoms with E-state index in [-0.39, 0.29) is 23.0 Å². The lowest BCUT2D eigenvalue weighted by Gasteiger charge is -2.51. The molecule has 1 aromatic rings. The molecule has 1 aliphatic rings. The summed E-state index contributed by atoms with van der Waals surface area (Å²) >= 11 is 0. The Hall–Kier alpha value is -1.66. The largest absolute Gasteiger partial charge is 0.490 e. The maximum Gasteiger partial charge on any atom is 0.311 e. The first kappa shape index (κ1) is 15.7. The number of nitro groups is 1. The van der Waals surface area contributed by atoms with Gasteiger partial charge in [0.2, 0.25) is 0 Å². The first-order valence-corrected chi connectivity index (χ1v) is 6.97. The minimum atomic E-state index is -0.420. The Bertz CT molecular complexity index is 530. The third-order valence-electron chi connectivity index (χ3n) is 4.45. The maximum atomic E-state index is 11.0. The van der Waals surface area contributed by atoms with E-state index in [1.807, 2.05) is 6.07 Å². The van der Waals surface area contributed by atoms with Crippen molar-refractivity contribution in [3.8, 4) is 5.75 Å². The normalized spacial score (nSPS) is 23.4. The highest BCUT2D eigenvalue weighted by Crippen LogP contribution is 2.42. The van der Waals surface area contributed by atoms with Crippen molar-refractivity contribution in [3.05, 3.63) is 33.9 Å². The molecule has 1 saturated carbocycles. The third-order valence-corrected chi connectivity index (χ3v) is 4.45.